The van der Waals surface area contributed by atoms with E-state index >= 15 is 0 Å². The molecule has 1 N–H and O–H groups in total. The number of nitrogens with one attached hydrogen (secondary N) is 1. The molecule has 0 radical (unpaired) electrons. The predicted octanol–water partition coefficient (Wildman–Crippen LogP) is 3.70. The molecule has 1 aromatic rings. The third kappa shape index (κ3) is 6.85. The molecule has 1 atom stereocenters. The third-order valence-corrected chi connectivity index (χ3v) is 7.44. The minimum atomic E-state index is -3.46. The van der Waals surface area contributed by atoms with E-state index in [0.29, 0.717) is 44.0 Å². The van der Waals surface area contributed by atoms with Crippen LogP contribution in [0.15, 0.2) is 24.3 Å². The van der Waals surface area contributed by atoms with Crippen LogP contribution in [0.1, 0.15) is 57.9 Å². The number of halogens is 1. The van der Waals surface area contributed by atoms with E-state index < -0.39 is 10.0 Å². The first-order chi connectivity index (χ1) is 13.4. The van der Waals surface area contributed by atoms with E-state index in [1.807, 2.05) is 0 Å². The summed E-state index contributed by atoms with van der Waals surface area (Å²) in [6.07, 6.45) is 5.61. The summed E-state index contributed by atoms with van der Waals surface area (Å²) in [6, 6.07) is 5.53. The van der Waals surface area contributed by atoms with Gasteiger partial charge in [-0.2, -0.15) is 0 Å². The molecule has 0 aliphatic carbocycles. The van der Waals surface area contributed by atoms with Crippen molar-refractivity contribution in [3.63, 3.8) is 0 Å². The van der Waals surface area contributed by atoms with E-state index in [9.17, 15) is 17.6 Å². The number of benzene rings is 1. The molecule has 0 saturated carbocycles. The lowest BCUT2D eigenvalue weighted by Crippen LogP contribution is -2.44. The molecule has 1 saturated heterocycles. The number of amides is 1. The van der Waals surface area contributed by atoms with Gasteiger partial charge in [-0.15, -0.1) is 0 Å². The monoisotopic (exact) mass is 412 g/mol. The Balaban J connectivity index is 1.80. The fourth-order valence-corrected chi connectivity index (χ4v) is 5.17. The van der Waals surface area contributed by atoms with Crippen molar-refractivity contribution in [1.82, 2.24) is 9.62 Å². The summed E-state index contributed by atoms with van der Waals surface area (Å²) in [5.74, 6) is -0.0840. The topological polar surface area (TPSA) is 66.5 Å². The van der Waals surface area contributed by atoms with Crippen molar-refractivity contribution < 1.29 is 17.6 Å². The maximum atomic E-state index is 13.0. The Morgan fingerprint density at radius 2 is 1.86 bits per heavy atom. The summed E-state index contributed by atoms with van der Waals surface area (Å²) < 4.78 is 39.7. The van der Waals surface area contributed by atoms with Gasteiger partial charge in [-0.3, -0.25) is 4.79 Å². The Kier molecular flexibility index (Phi) is 8.89. The van der Waals surface area contributed by atoms with Gasteiger partial charge in [-0.25, -0.2) is 17.1 Å². The summed E-state index contributed by atoms with van der Waals surface area (Å²) in [4.78, 5) is 12.5. The summed E-state index contributed by atoms with van der Waals surface area (Å²) >= 11 is 0. The first kappa shape index (κ1) is 22.8. The van der Waals surface area contributed by atoms with Crippen molar-refractivity contribution in [3.8, 4) is 0 Å². The van der Waals surface area contributed by atoms with Crippen LogP contribution < -0.4 is 5.32 Å². The summed E-state index contributed by atoms with van der Waals surface area (Å²) in [5, 5.41) is 3.07. The average molecular weight is 413 g/mol. The molecule has 1 aliphatic rings. The van der Waals surface area contributed by atoms with Gasteiger partial charge in [0.1, 0.15) is 5.82 Å². The third-order valence-electron chi connectivity index (χ3n) is 5.59. The minimum Gasteiger partial charge on any atom is -0.356 e. The Morgan fingerprint density at radius 1 is 1.21 bits per heavy atom. The number of hydrogen-bond donors (Lipinski definition) is 1. The van der Waals surface area contributed by atoms with E-state index in [2.05, 4.69) is 19.2 Å². The lowest BCUT2D eigenvalue weighted by atomic mass is 9.95. The number of sulfonamides is 1. The zero-order valence-electron chi connectivity index (χ0n) is 17.0. The zero-order chi connectivity index (χ0) is 20.6. The lowest BCUT2D eigenvalue weighted by molar-refractivity contribution is -0.126. The van der Waals surface area contributed by atoms with Crippen molar-refractivity contribution in [1.29, 1.82) is 0 Å². The van der Waals surface area contributed by atoms with E-state index in [1.165, 1.54) is 35.0 Å². The standard InChI is InChI=1S/C21H33FN2O3S/c1-3-5-6-17(4-2)15-23-21(25)19-11-13-24(14-12-19)28(26,27)16-18-7-9-20(22)10-8-18/h7-10,17,19H,3-6,11-16H2,1-2H3,(H,23,25)/t17-/m1/s1. The Labute approximate surface area is 168 Å². The fourth-order valence-electron chi connectivity index (χ4n) is 3.61. The summed E-state index contributed by atoms with van der Waals surface area (Å²) in [7, 11) is -3.46. The molecule has 2 rings (SSSR count). The van der Waals surface area contributed by atoms with E-state index in [-0.39, 0.29) is 23.4 Å². The van der Waals surface area contributed by atoms with Gasteiger partial charge in [-0.1, -0.05) is 45.2 Å². The maximum Gasteiger partial charge on any atom is 0.223 e. The summed E-state index contributed by atoms with van der Waals surface area (Å²) in [5.41, 5.74) is 0.568. The van der Waals surface area contributed by atoms with Crippen LogP contribution in [0.5, 0.6) is 0 Å². The Hall–Kier alpha value is -1.47. The molecule has 5 nitrogen and oxygen atoms in total. The number of rotatable bonds is 10. The highest BCUT2D eigenvalue weighted by atomic mass is 32.2. The second-order valence-electron chi connectivity index (χ2n) is 7.72. The molecule has 0 aromatic heterocycles. The Morgan fingerprint density at radius 3 is 2.43 bits per heavy atom. The van der Waals surface area contributed by atoms with E-state index in [4.69, 9.17) is 0 Å². The second kappa shape index (κ2) is 10.9. The average Bonchev–Trinajstić information content (AvgIpc) is 2.69. The lowest BCUT2D eigenvalue weighted by Gasteiger charge is -2.31. The highest BCUT2D eigenvalue weighted by Gasteiger charge is 2.31. The smallest absolute Gasteiger partial charge is 0.223 e. The van der Waals surface area contributed by atoms with Gasteiger partial charge in [-0.05, 0) is 42.9 Å². The minimum absolute atomic E-state index is 0.0468. The SMILES string of the molecule is CCCC[C@@H](CC)CNC(=O)C1CCN(S(=O)(=O)Cc2ccc(F)cc2)CC1. The van der Waals surface area contributed by atoms with Crippen LogP contribution in [-0.2, 0) is 20.6 Å². The van der Waals surface area contributed by atoms with Crippen molar-refractivity contribution in [2.45, 2.75) is 58.1 Å². The van der Waals surface area contributed by atoms with Crippen LogP contribution >= 0.6 is 0 Å². The number of carbonyl (C=O) groups excluding carboxylic acids is 1. The molecule has 1 aromatic carbocycles. The van der Waals surface area contributed by atoms with Crippen molar-refractivity contribution in [3.05, 3.63) is 35.6 Å². The number of unbranched alkanes of at least 4 members (excludes halogenated alkanes) is 1. The van der Waals surface area contributed by atoms with Crippen LogP contribution in [-0.4, -0.2) is 38.3 Å². The zero-order valence-corrected chi connectivity index (χ0v) is 17.8. The molecule has 7 heteroatoms. The molecule has 1 amide bonds. The van der Waals surface area contributed by atoms with Crippen LogP contribution in [0.25, 0.3) is 0 Å². The first-order valence-electron chi connectivity index (χ1n) is 10.4. The molecular formula is C21H33FN2O3S. The van der Waals surface area contributed by atoms with Crippen LogP contribution in [0.2, 0.25) is 0 Å². The number of nitrogens with zero attached hydrogens (tertiary/aromatic N) is 1. The molecule has 0 spiro atoms. The molecule has 158 valence electrons. The fraction of sp³-hybridized carbons (Fsp3) is 0.667. The van der Waals surface area contributed by atoms with Gasteiger partial charge in [0.05, 0.1) is 5.75 Å². The van der Waals surface area contributed by atoms with Crippen molar-refractivity contribution >= 4 is 15.9 Å². The van der Waals surface area contributed by atoms with E-state index in [0.717, 1.165) is 19.3 Å². The molecule has 0 unspecified atom stereocenters. The molecule has 1 fully saturated rings. The van der Waals surface area contributed by atoms with Gasteiger partial charge in [0.25, 0.3) is 0 Å². The molecule has 28 heavy (non-hydrogen) atoms. The van der Waals surface area contributed by atoms with Gasteiger partial charge in [0, 0.05) is 25.6 Å². The molecule has 0 bridgehead atoms. The largest absolute Gasteiger partial charge is 0.356 e. The highest BCUT2D eigenvalue weighted by Crippen LogP contribution is 2.22. The molecule has 1 heterocycles. The molecular weight excluding hydrogens is 379 g/mol. The van der Waals surface area contributed by atoms with E-state index in [1.54, 1.807) is 0 Å². The molecule has 1 aliphatic heterocycles. The predicted molar refractivity (Wildman–Crippen MR) is 110 cm³/mol. The van der Waals surface area contributed by atoms with Crippen LogP contribution in [0.3, 0.4) is 0 Å². The highest BCUT2D eigenvalue weighted by molar-refractivity contribution is 7.88. The first-order valence-corrected chi connectivity index (χ1v) is 12.0. The van der Waals surface area contributed by atoms with Gasteiger partial charge in [0.2, 0.25) is 15.9 Å². The number of piperidine rings is 1. The Bertz CT molecular complexity index is 714. The van der Waals surface area contributed by atoms with Crippen LogP contribution in [0.4, 0.5) is 4.39 Å². The quantitative estimate of drug-likeness (QED) is 0.637. The van der Waals surface area contributed by atoms with Crippen molar-refractivity contribution in [2.75, 3.05) is 19.6 Å². The number of hydrogen-bond acceptors (Lipinski definition) is 3. The van der Waals surface area contributed by atoms with Gasteiger partial charge >= 0.3 is 0 Å². The maximum absolute atomic E-state index is 13.0. The summed E-state index contributed by atoms with van der Waals surface area (Å²) in [6.45, 7) is 5.74. The number of carbonyl (C=O) groups is 1. The second-order valence-corrected chi connectivity index (χ2v) is 9.69. The van der Waals surface area contributed by atoms with Crippen molar-refractivity contribution in [2.24, 2.45) is 11.8 Å². The normalized spacial score (nSPS) is 17.4. The van der Waals surface area contributed by atoms with Gasteiger partial charge in [0.15, 0.2) is 0 Å². The van der Waals surface area contributed by atoms with Crippen LogP contribution in [0, 0.1) is 17.7 Å². The van der Waals surface area contributed by atoms with Gasteiger partial charge < -0.3 is 5.32 Å².